The van der Waals surface area contributed by atoms with E-state index >= 15 is 0 Å². The summed E-state index contributed by atoms with van der Waals surface area (Å²) in [6.07, 6.45) is 1.80. The quantitative estimate of drug-likeness (QED) is 0.812. The molecule has 0 aromatic heterocycles. The lowest BCUT2D eigenvalue weighted by atomic mass is 9.93. The summed E-state index contributed by atoms with van der Waals surface area (Å²) in [4.78, 5) is 25.1. The van der Waals surface area contributed by atoms with Crippen LogP contribution in [0.3, 0.4) is 0 Å². The predicted octanol–water partition coefficient (Wildman–Crippen LogP) is 2.15. The Morgan fingerprint density at radius 3 is 2.50 bits per heavy atom. The number of ether oxygens (including phenoxy) is 1. The molecule has 0 aliphatic carbocycles. The summed E-state index contributed by atoms with van der Waals surface area (Å²) in [6, 6.07) is 0.0919. The summed E-state index contributed by atoms with van der Waals surface area (Å²) in [5.74, 6) is -0.809. The van der Waals surface area contributed by atoms with Gasteiger partial charge in [-0.25, -0.2) is 0 Å². The normalized spacial score (nSPS) is 24.8. The fourth-order valence-electron chi connectivity index (χ4n) is 2.40. The van der Waals surface area contributed by atoms with Gasteiger partial charge in [-0.2, -0.15) is 0 Å². The number of carboxylic acids is 1. The molecule has 1 aliphatic heterocycles. The van der Waals surface area contributed by atoms with Crippen molar-refractivity contribution in [1.82, 2.24) is 4.90 Å². The minimum Gasteiger partial charge on any atom is -0.481 e. The predicted molar refractivity (Wildman–Crippen MR) is 76.4 cm³/mol. The molecule has 0 spiro atoms. The zero-order valence-corrected chi connectivity index (χ0v) is 13.0. The number of aliphatic carboxylic acids is 1. The molecule has 1 amide bonds. The van der Waals surface area contributed by atoms with Crippen molar-refractivity contribution in [3.8, 4) is 0 Å². The summed E-state index contributed by atoms with van der Waals surface area (Å²) < 4.78 is 5.57. The molecule has 0 aromatic rings. The van der Waals surface area contributed by atoms with Crippen LogP contribution in [0.5, 0.6) is 0 Å². The number of hydrogen-bond acceptors (Lipinski definition) is 3. The van der Waals surface area contributed by atoms with Gasteiger partial charge in [0.2, 0.25) is 0 Å². The second-order valence-electron chi connectivity index (χ2n) is 6.15. The SMILES string of the molecule is CC(C)CCOC(C)C(=O)N1CC(C(=O)O)CCC1C. The van der Waals surface area contributed by atoms with Gasteiger partial charge in [0.15, 0.2) is 0 Å². The van der Waals surface area contributed by atoms with Gasteiger partial charge in [0.25, 0.3) is 5.91 Å². The summed E-state index contributed by atoms with van der Waals surface area (Å²) in [5.41, 5.74) is 0. The maximum Gasteiger partial charge on any atom is 0.308 e. The lowest BCUT2D eigenvalue weighted by molar-refractivity contribution is -0.152. The fraction of sp³-hybridized carbons (Fsp3) is 0.867. The van der Waals surface area contributed by atoms with Crippen LogP contribution in [0.4, 0.5) is 0 Å². The van der Waals surface area contributed by atoms with Crippen LogP contribution in [-0.2, 0) is 14.3 Å². The highest BCUT2D eigenvalue weighted by atomic mass is 16.5. The Balaban J connectivity index is 2.52. The monoisotopic (exact) mass is 285 g/mol. The van der Waals surface area contributed by atoms with Gasteiger partial charge in [-0.3, -0.25) is 9.59 Å². The number of amides is 1. The molecule has 1 rings (SSSR count). The maximum absolute atomic E-state index is 12.4. The molecule has 0 aromatic carbocycles. The molecule has 1 heterocycles. The van der Waals surface area contributed by atoms with E-state index in [1.54, 1.807) is 11.8 Å². The van der Waals surface area contributed by atoms with Gasteiger partial charge >= 0.3 is 5.97 Å². The van der Waals surface area contributed by atoms with Gasteiger partial charge < -0.3 is 14.7 Å². The zero-order chi connectivity index (χ0) is 15.3. The Bertz CT molecular complexity index is 343. The second-order valence-corrected chi connectivity index (χ2v) is 6.15. The van der Waals surface area contributed by atoms with Crippen molar-refractivity contribution in [1.29, 1.82) is 0 Å². The van der Waals surface area contributed by atoms with Crippen molar-refractivity contribution in [2.75, 3.05) is 13.2 Å². The summed E-state index contributed by atoms with van der Waals surface area (Å²) in [5, 5.41) is 9.10. The first-order valence-corrected chi connectivity index (χ1v) is 7.47. The van der Waals surface area contributed by atoms with Crippen LogP contribution >= 0.6 is 0 Å². The third-order valence-electron chi connectivity index (χ3n) is 3.93. The van der Waals surface area contributed by atoms with Gasteiger partial charge in [0.1, 0.15) is 6.10 Å². The Morgan fingerprint density at radius 2 is 1.95 bits per heavy atom. The molecule has 5 nitrogen and oxygen atoms in total. The average molecular weight is 285 g/mol. The zero-order valence-electron chi connectivity index (χ0n) is 13.0. The molecule has 1 fully saturated rings. The van der Waals surface area contributed by atoms with E-state index in [0.29, 0.717) is 25.5 Å². The molecular formula is C15H27NO4. The molecule has 116 valence electrons. The van der Waals surface area contributed by atoms with E-state index in [9.17, 15) is 9.59 Å². The Morgan fingerprint density at radius 1 is 1.30 bits per heavy atom. The van der Waals surface area contributed by atoms with Crippen molar-refractivity contribution in [3.63, 3.8) is 0 Å². The van der Waals surface area contributed by atoms with Gasteiger partial charge in [0.05, 0.1) is 5.92 Å². The third kappa shape index (κ3) is 4.78. The molecular weight excluding hydrogens is 258 g/mol. The van der Waals surface area contributed by atoms with E-state index in [2.05, 4.69) is 13.8 Å². The topological polar surface area (TPSA) is 66.8 Å². The van der Waals surface area contributed by atoms with Crippen LogP contribution in [-0.4, -0.2) is 47.2 Å². The Hall–Kier alpha value is -1.10. The summed E-state index contributed by atoms with van der Waals surface area (Å²) in [6.45, 7) is 8.80. The van der Waals surface area contributed by atoms with Gasteiger partial charge in [-0.05, 0) is 39.0 Å². The number of rotatable bonds is 6. The number of carbonyl (C=O) groups excluding carboxylic acids is 1. The Kier molecular flexibility index (Phi) is 6.46. The number of carboxylic acid groups (broad SMARTS) is 1. The number of hydrogen-bond donors (Lipinski definition) is 1. The lowest BCUT2D eigenvalue weighted by Crippen LogP contribution is -2.50. The van der Waals surface area contributed by atoms with Crippen LogP contribution in [0.2, 0.25) is 0 Å². The highest BCUT2D eigenvalue weighted by Crippen LogP contribution is 2.23. The molecule has 0 saturated carbocycles. The summed E-state index contributed by atoms with van der Waals surface area (Å²) >= 11 is 0. The number of likely N-dealkylation sites (tertiary alicyclic amines) is 1. The molecule has 3 atom stereocenters. The number of carbonyl (C=O) groups is 2. The van der Waals surface area contributed by atoms with Crippen LogP contribution in [0.25, 0.3) is 0 Å². The van der Waals surface area contributed by atoms with Crippen LogP contribution in [0, 0.1) is 11.8 Å². The number of piperidine rings is 1. The van der Waals surface area contributed by atoms with Crippen molar-refractivity contribution in [3.05, 3.63) is 0 Å². The minimum absolute atomic E-state index is 0.0905. The average Bonchev–Trinajstić information content (AvgIpc) is 2.37. The third-order valence-corrected chi connectivity index (χ3v) is 3.93. The molecule has 20 heavy (non-hydrogen) atoms. The van der Waals surface area contributed by atoms with Crippen molar-refractivity contribution in [2.45, 2.75) is 59.1 Å². The largest absolute Gasteiger partial charge is 0.481 e. The van der Waals surface area contributed by atoms with E-state index in [1.807, 2.05) is 6.92 Å². The van der Waals surface area contributed by atoms with Crippen LogP contribution < -0.4 is 0 Å². The van der Waals surface area contributed by atoms with E-state index in [1.165, 1.54) is 0 Å². The second kappa shape index (κ2) is 7.62. The first kappa shape index (κ1) is 17.0. The van der Waals surface area contributed by atoms with Crippen LogP contribution in [0.1, 0.15) is 47.0 Å². The molecule has 1 saturated heterocycles. The minimum atomic E-state index is -0.817. The Labute approximate surface area is 121 Å². The summed E-state index contributed by atoms with van der Waals surface area (Å²) in [7, 11) is 0. The van der Waals surface area contributed by atoms with E-state index in [-0.39, 0.29) is 11.9 Å². The molecule has 3 unspecified atom stereocenters. The highest BCUT2D eigenvalue weighted by Gasteiger charge is 2.34. The first-order chi connectivity index (χ1) is 9.32. The highest BCUT2D eigenvalue weighted by molar-refractivity contribution is 5.82. The molecule has 1 N–H and O–H groups in total. The van der Waals surface area contributed by atoms with Gasteiger partial charge in [-0.1, -0.05) is 13.8 Å². The fourth-order valence-corrected chi connectivity index (χ4v) is 2.40. The van der Waals surface area contributed by atoms with Crippen molar-refractivity contribution >= 4 is 11.9 Å². The van der Waals surface area contributed by atoms with E-state index in [0.717, 1.165) is 12.8 Å². The van der Waals surface area contributed by atoms with Crippen molar-refractivity contribution in [2.24, 2.45) is 11.8 Å². The lowest BCUT2D eigenvalue weighted by Gasteiger charge is -2.37. The number of nitrogens with zero attached hydrogens (tertiary/aromatic N) is 1. The van der Waals surface area contributed by atoms with Gasteiger partial charge in [-0.15, -0.1) is 0 Å². The van der Waals surface area contributed by atoms with Gasteiger partial charge in [0, 0.05) is 19.2 Å². The molecule has 0 radical (unpaired) electrons. The standard InChI is InChI=1S/C15H27NO4/c1-10(2)7-8-20-12(4)14(17)16-9-13(15(18)19)6-5-11(16)3/h10-13H,5-9H2,1-4H3,(H,18,19). The van der Waals surface area contributed by atoms with Crippen LogP contribution in [0.15, 0.2) is 0 Å². The van der Waals surface area contributed by atoms with E-state index < -0.39 is 18.0 Å². The first-order valence-electron chi connectivity index (χ1n) is 7.47. The van der Waals surface area contributed by atoms with E-state index in [4.69, 9.17) is 9.84 Å². The van der Waals surface area contributed by atoms with Crippen molar-refractivity contribution < 1.29 is 19.4 Å². The smallest absolute Gasteiger partial charge is 0.308 e. The molecule has 0 bridgehead atoms. The molecule has 5 heteroatoms. The maximum atomic E-state index is 12.4. The molecule has 1 aliphatic rings.